The second kappa shape index (κ2) is 5.06. The molecular formula is C13H10ClFN2O. The highest BCUT2D eigenvalue weighted by molar-refractivity contribution is 6.34. The number of nitrogen functional groups attached to an aromatic ring is 1. The summed E-state index contributed by atoms with van der Waals surface area (Å²) in [5.74, 6) is -1.09. The lowest BCUT2D eigenvalue weighted by Crippen LogP contribution is -2.15. The number of nitrogens with one attached hydrogen (secondary N) is 1. The van der Waals surface area contributed by atoms with Crippen molar-refractivity contribution in [3.8, 4) is 0 Å². The van der Waals surface area contributed by atoms with Gasteiger partial charge in [0.2, 0.25) is 0 Å². The van der Waals surface area contributed by atoms with Crippen molar-refractivity contribution in [3.05, 3.63) is 58.9 Å². The zero-order chi connectivity index (χ0) is 13.1. The van der Waals surface area contributed by atoms with Gasteiger partial charge in [-0.05, 0) is 24.3 Å². The van der Waals surface area contributed by atoms with Crippen LogP contribution in [0.5, 0.6) is 0 Å². The molecule has 0 fully saturated rings. The van der Waals surface area contributed by atoms with Crippen LogP contribution in [0.2, 0.25) is 5.02 Å². The quantitative estimate of drug-likeness (QED) is 0.818. The maximum atomic E-state index is 13.5. The minimum Gasteiger partial charge on any atom is -0.398 e. The standard InChI is InChI=1S/C13H10ClFN2O/c14-9-5-3-6-10(15)12(9)17-13(18)8-4-1-2-7-11(8)16/h1-7H,16H2,(H,17,18). The van der Waals surface area contributed by atoms with E-state index < -0.39 is 11.7 Å². The van der Waals surface area contributed by atoms with Gasteiger partial charge in [-0.2, -0.15) is 0 Å². The highest BCUT2D eigenvalue weighted by atomic mass is 35.5. The molecule has 2 aromatic carbocycles. The lowest BCUT2D eigenvalue weighted by molar-refractivity contribution is 0.102. The molecule has 2 aromatic rings. The van der Waals surface area contributed by atoms with Crippen molar-refractivity contribution in [2.75, 3.05) is 11.1 Å². The number of nitrogens with two attached hydrogens (primary N) is 1. The Hall–Kier alpha value is -2.07. The van der Waals surface area contributed by atoms with Crippen molar-refractivity contribution in [1.29, 1.82) is 0 Å². The monoisotopic (exact) mass is 264 g/mol. The van der Waals surface area contributed by atoms with Crippen molar-refractivity contribution in [2.24, 2.45) is 0 Å². The molecule has 0 atom stereocenters. The maximum Gasteiger partial charge on any atom is 0.257 e. The van der Waals surface area contributed by atoms with E-state index in [-0.39, 0.29) is 16.3 Å². The highest BCUT2D eigenvalue weighted by Crippen LogP contribution is 2.25. The van der Waals surface area contributed by atoms with Crippen molar-refractivity contribution in [2.45, 2.75) is 0 Å². The number of benzene rings is 2. The number of hydrogen-bond acceptors (Lipinski definition) is 2. The molecule has 3 N–H and O–H groups in total. The summed E-state index contributed by atoms with van der Waals surface area (Å²) in [6.07, 6.45) is 0. The minimum absolute atomic E-state index is 0.0487. The average molecular weight is 265 g/mol. The summed E-state index contributed by atoms with van der Waals surface area (Å²) in [4.78, 5) is 11.9. The summed E-state index contributed by atoms with van der Waals surface area (Å²) in [6.45, 7) is 0. The fourth-order valence-corrected chi connectivity index (χ4v) is 1.71. The van der Waals surface area contributed by atoms with Gasteiger partial charge in [-0.15, -0.1) is 0 Å². The molecule has 5 heteroatoms. The fraction of sp³-hybridized carbons (Fsp3) is 0. The number of hydrogen-bond donors (Lipinski definition) is 2. The highest BCUT2D eigenvalue weighted by Gasteiger charge is 2.13. The molecule has 1 amide bonds. The summed E-state index contributed by atoms with van der Waals surface area (Å²) >= 11 is 5.81. The van der Waals surface area contributed by atoms with Crippen LogP contribution in [0.25, 0.3) is 0 Å². The number of amides is 1. The van der Waals surface area contributed by atoms with E-state index in [9.17, 15) is 9.18 Å². The van der Waals surface area contributed by atoms with Crippen LogP contribution in [0.4, 0.5) is 15.8 Å². The summed E-state index contributed by atoms with van der Waals surface area (Å²) in [5, 5.41) is 2.55. The van der Waals surface area contributed by atoms with Gasteiger partial charge in [0.1, 0.15) is 5.82 Å². The van der Waals surface area contributed by atoms with Crippen molar-refractivity contribution in [1.82, 2.24) is 0 Å². The smallest absolute Gasteiger partial charge is 0.257 e. The van der Waals surface area contributed by atoms with Gasteiger partial charge in [-0.1, -0.05) is 29.8 Å². The first-order valence-electron chi connectivity index (χ1n) is 5.19. The third-order valence-corrected chi connectivity index (χ3v) is 2.72. The lowest BCUT2D eigenvalue weighted by Gasteiger charge is -2.09. The first-order valence-corrected chi connectivity index (χ1v) is 5.57. The normalized spacial score (nSPS) is 10.1. The number of carbonyl (C=O) groups is 1. The molecule has 0 aromatic heterocycles. The largest absolute Gasteiger partial charge is 0.398 e. The van der Waals surface area contributed by atoms with Gasteiger partial charge in [-0.25, -0.2) is 4.39 Å². The number of halogens is 2. The molecular weight excluding hydrogens is 255 g/mol. The van der Waals surface area contributed by atoms with Crippen molar-refractivity contribution < 1.29 is 9.18 Å². The third-order valence-electron chi connectivity index (χ3n) is 2.41. The van der Waals surface area contributed by atoms with E-state index in [1.165, 1.54) is 18.2 Å². The Morgan fingerprint density at radius 1 is 1.17 bits per heavy atom. The van der Waals surface area contributed by atoms with E-state index in [0.717, 1.165) is 0 Å². The van der Waals surface area contributed by atoms with Gasteiger partial charge >= 0.3 is 0 Å². The summed E-state index contributed by atoms with van der Waals surface area (Å²) in [5.41, 5.74) is 6.21. The first kappa shape index (κ1) is 12.4. The Bertz CT molecular complexity index is 581. The molecule has 0 unspecified atom stereocenters. The van der Waals surface area contributed by atoms with Crippen LogP contribution in [0.15, 0.2) is 42.5 Å². The first-order chi connectivity index (χ1) is 8.59. The van der Waals surface area contributed by atoms with Crippen LogP contribution >= 0.6 is 11.6 Å². The summed E-state index contributed by atoms with van der Waals surface area (Å²) < 4.78 is 13.5. The topological polar surface area (TPSA) is 55.1 Å². The maximum absolute atomic E-state index is 13.5. The molecule has 0 saturated carbocycles. The van der Waals surface area contributed by atoms with Crippen LogP contribution in [-0.4, -0.2) is 5.91 Å². The number of anilines is 2. The molecule has 92 valence electrons. The van der Waals surface area contributed by atoms with Crippen molar-refractivity contribution in [3.63, 3.8) is 0 Å². The van der Waals surface area contributed by atoms with Crippen LogP contribution in [0.3, 0.4) is 0 Å². The third kappa shape index (κ3) is 2.43. The van der Waals surface area contributed by atoms with E-state index in [2.05, 4.69) is 5.32 Å². The van der Waals surface area contributed by atoms with Crippen LogP contribution in [0, 0.1) is 5.82 Å². The molecule has 3 nitrogen and oxygen atoms in total. The van der Waals surface area contributed by atoms with E-state index in [0.29, 0.717) is 5.69 Å². The summed E-state index contributed by atoms with van der Waals surface area (Å²) in [6, 6.07) is 10.7. The molecule has 0 spiro atoms. The van der Waals surface area contributed by atoms with Gasteiger partial charge in [0.25, 0.3) is 5.91 Å². The molecule has 0 saturated heterocycles. The second-order valence-corrected chi connectivity index (χ2v) is 4.05. The van der Waals surface area contributed by atoms with Gasteiger partial charge in [0, 0.05) is 5.69 Å². The lowest BCUT2D eigenvalue weighted by atomic mass is 10.1. The molecule has 18 heavy (non-hydrogen) atoms. The number of carbonyl (C=O) groups excluding carboxylic acids is 1. The predicted octanol–water partition coefficient (Wildman–Crippen LogP) is 3.31. The Kier molecular flexibility index (Phi) is 3.48. The Morgan fingerprint density at radius 2 is 1.89 bits per heavy atom. The molecule has 0 radical (unpaired) electrons. The average Bonchev–Trinajstić information content (AvgIpc) is 2.34. The van der Waals surface area contributed by atoms with Gasteiger partial charge in [0.15, 0.2) is 0 Å². The Balaban J connectivity index is 2.30. The molecule has 0 aliphatic heterocycles. The van der Waals surface area contributed by atoms with E-state index in [4.69, 9.17) is 17.3 Å². The molecule has 0 aliphatic carbocycles. The van der Waals surface area contributed by atoms with Gasteiger partial charge in [0.05, 0.1) is 16.3 Å². The van der Waals surface area contributed by atoms with Crippen LogP contribution < -0.4 is 11.1 Å². The fourth-order valence-electron chi connectivity index (χ4n) is 1.50. The molecule has 0 bridgehead atoms. The SMILES string of the molecule is Nc1ccccc1C(=O)Nc1c(F)cccc1Cl. The van der Waals surface area contributed by atoms with E-state index in [1.54, 1.807) is 24.3 Å². The molecule has 0 aliphatic rings. The van der Waals surface area contributed by atoms with Crippen molar-refractivity contribution >= 4 is 28.9 Å². The minimum atomic E-state index is -0.592. The number of para-hydroxylation sites is 2. The molecule has 2 rings (SSSR count). The van der Waals surface area contributed by atoms with E-state index >= 15 is 0 Å². The number of rotatable bonds is 2. The molecule has 0 heterocycles. The zero-order valence-electron chi connectivity index (χ0n) is 9.28. The Morgan fingerprint density at radius 3 is 2.56 bits per heavy atom. The van der Waals surface area contributed by atoms with Gasteiger partial charge < -0.3 is 11.1 Å². The predicted molar refractivity (Wildman–Crippen MR) is 70.2 cm³/mol. The van der Waals surface area contributed by atoms with Crippen LogP contribution in [-0.2, 0) is 0 Å². The van der Waals surface area contributed by atoms with E-state index in [1.807, 2.05) is 0 Å². The zero-order valence-corrected chi connectivity index (χ0v) is 10.0. The van der Waals surface area contributed by atoms with Crippen LogP contribution in [0.1, 0.15) is 10.4 Å². The second-order valence-electron chi connectivity index (χ2n) is 3.64. The Labute approximate surface area is 108 Å². The van der Waals surface area contributed by atoms with Gasteiger partial charge in [-0.3, -0.25) is 4.79 Å². The summed E-state index contributed by atoms with van der Waals surface area (Å²) in [7, 11) is 0.